The molecule has 0 aliphatic heterocycles. The quantitative estimate of drug-likeness (QED) is 0.524. The third kappa shape index (κ3) is 5.56. The van der Waals surface area contributed by atoms with E-state index < -0.39 is 0 Å². The Bertz CT molecular complexity index is 322. The number of hydrogen-bond acceptors (Lipinski definition) is 0. The molecule has 0 bridgehead atoms. The first-order valence-corrected chi connectivity index (χ1v) is 8.26. The van der Waals surface area contributed by atoms with E-state index in [2.05, 4.69) is 70.0 Å². The molecule has 0 saturated heterocycles. The minimum Gasteiger partial charge on any atom is -0.0884 e. The maximum absolute atomic E-state index is 3.88. The molecule has 0 amide bonds. The van der Waals surface area contributed by atoms with Gasteiger partial charge in [0, 0.05) is 9.30 Å². The summed E-state index contributed by atoms with van der Waals surface area (Å²) in [5.41, 5.74) is 1.41. The van der Waals surface area contributed by atoms with Crippen molar-refractivity contribution in [1.82, 2.24) is 0 Å². The number of halogens is 2. The van der Waals surface area contributed by atoms with Crippen LogP contribution >= 0.6 is 31.9 Å². The lowest BCUT2D eigenvalue weighted by molar-refractivity contribution is 0.437. The minimum absolute atomic E-state index is 0.605. The Morgan fingerprint density at radius 3 is 2.59 bits per heavy atom. The lowest BCUT2D eigenvalue weighted by Gasteiger charge is -2.21. The molecule has 1 rings (SSSR count). The Morgan fingerprint density at radius 1 is 1.24 bits per heavy atom. The molecule has 96 valence electrons. The van der Waals surface area contributed by atoms with Crippen molar-refractivity contribution in [2.45, 2.75) is 50.8 Å². The van der Waals surface area contributed by atoms with Gasteiger partial charge in [0.1, 0.15) is 0 Å². The first kappa shape index (κ1) is 15.2. The fourth-order valence-electron chi connectivity index (χ4n) is 2.16. The predicted octanol–water partition coefficient (Wildman–Crippen LogP) is 5.97. The summed E-state index contributed by atoms with van der Waals surface area (Å²) in [6.45, 7) is 4.57. The highest BCUT2D eigenvalue weighted by atomic mass is 79.9. The average Bonchev–Trinajstić information content (AvgIpc) is 2.30. The van der Waals surface area contributed by atoms with Crippen molar-refractivity contribution >= 4 is 31.9 Å². The molecule has 1 aromatic carbocycles. The number of hydrogen-bond donors (Lipinski definition) is 0. The number of alkyl halides is 1. The van der Waals surface area contributed by atoms with Crippen LogP contribution in [0.2, 0.25) is 0 Å². The van der Waals surface area contributed by atoms with Gasteiger partial charge < -0.3 is 0 Å². The molecule has 2 atom stereocenters. The van der Waals surface area contributed by atoms with Crippen molar-refractivity contribution in [3.05, 3.63) is 34.3 Å². The van der Waals surface area contributed by atoms with Gasteiger partial charge in [0.2, 0.25) is 0 Å². The van der Waals surface area contributed by atoms with Crippen molar-refractivity contribution in [3.63, 3.8) is 0 Å². The SMILES string of the molecule is CCCCC(CC)C(Br)Cc1cccc(Br)c1. The van der Waals surface area contributed by atoms with Crippen molar-refractivity contribution < 1.29 is 0 Å². The van der Waals surface area contributed by atoms with Crippen molar-refractivity contribution in [3.8, 4) is 0 Å². The van der Waals surface area contributed by atoms with Crippen LogP contribution in [-0.2, 0) is 6.42 Å². The highest BCUT2D eigenvalue weighted by Gasteiger charge is 2.17. The molecule has 17 heavy (non-hydrogen) atoms. The van der Waals surface area contributed by atoms with Crippen LogP contribution in [-0.4, -0.2) is 4.83 Å². The Kier molecular flexibility index (Phi) is 7.45. The van der Waals surface area contributed by atoms with Crippen LogP contribution in [0.5, 0.6) is 0 Å². The van der Waals surface area contributed by atoms with Crippen LogP contribution in [0.15, 0.2) is 28.7 Å². The van der Waals surface area contributed by atoms with Gasteiger partial charge >= 0.3 is 0 Å². The zero-order valence-corrected chi connectivity index (χ0v) is 13.9. The highest BCUT2D eigenvalue weighted by Crippen LogP contribution is 2.26. The number of benzene rings is 1. The molecule has 2 heteroatoms. The second kappa shape index (κ2) is 8.31. The molecule has 0 aliphatic carbocycles. The summed E-state index contributed by atoms with van der Waals surface area (Å²) in [4.78, 5) is 0.605. The summed E-state index contributed by atoms with van der Waals surface area (Å²) >= 11 is 7.41. The smallest absolute Gasteiger partial charge is 0.0214 e. The van der Waals surface area contributed by atoms with Gasteiger partial charge in [-0.15, -0.1) is 0 Å². The summed E-state index contributed by atoms with van der Waals surface area (Å²) in [6, 6.07) is 8.64. The van der Waals surface area contributed by atoms with Gasteiger partial charge in [-0.3, -0.25) is 0 Å². The largest absolute Gasteiger partial charge is 0.0884 e. The monoisotopic (exact) mass is 360 g/mol. The van der Waals surface area contributed by atoms with E-state index in [0.717, 1.165) is 12.3 Å². The molecular formula is C15H22Br2. The Morgan fingerprint density at radius 2 is 2.00 bits per heavy atom. The van der Waals surface area contributed by atoms with Gasteiger partial charge in [-0.05, 0) is 36.5 Å². The van der Waals surface area contributed by atoms with E-state index in [1.165, 1.54) is 35.7 Å². The van der Waals surface area contributed by atoms with Crippen LogP contribution in [0.1, 0.15) is 45.1 Å². The summed E-state index contributed by atoms with van der Waals surface area (Å²) in [5, 5.41) is 0. The molecular weight excluding hydrogens is 340 g/mol. The molecule has 0 radical (unpaired) electrons. The van der Waals surface area contributed by atoms with Crippen LogP contribution in [0.4, 0.5) is 0 Å². The number of rotatable bonds is 7. The van der Waals surface area contributed by atoms with Gasteiger partial charge in [0.25, 0.3) is 0 Å². The molecule has 0 heterocycles. The summed E-state index contributed by atoms with van der Waals surface area (Å²) in [6.07, 6.45) is 6.38. The maximum atomic E-state index is 3.88. The van der Waals surface area contributed by atoms with Gasteiger partial charge in [-0.1, -0.05) is 77.1 Å². The molecule has 0 aliphatic rings. The third-order valence-corrected chi connectivity index (χ3v) is 4.85. The van der Waals surface area contributed by atoms with E-state index in [-0.39, 0.29) is 0 Å². The highest BCUT2D eigenvalue weighted by molar-refractivity contribution is 9.10. The van der Waals surface area contributed by atoms with Crippen molar-refractivity contribution in [2.24, 2.45) is 5.92 Å². The van der Waals surface area contributed by atoms with Crippen LogP contribution in [0, 0.1) is 5.92 Å². The maximum Gasteiger partial charge on any atom is 0.0214 e. The van der Waals surface area contributed by atoms with Crippen LogP contribution in [0.3, 0.4) is 0 Å². The number of unbranched alkanes of at least 4 members (excludes halogenated alkanes) is 1. The van der Waals surface area contributed by atoms with Gasteiger partial charge in [-0.25, -0.2) is 0 Å². The fraction of sp³-hybridized carbons (Fsp3) is 0.600. The lowest BCUT2D eigenvalue weighted by Crippen LogP contribution is -2.16. The Hall–Kier alpha value is 0.180. The minimum atomic E-state index is 0.605. The second-order valence-electron chi connectivity index (χ2n) is 4.66. The Balaban J connectivity index is 2.54. The van der Waals surface area contributed by atoms with E-state index in [0.29, 0.717) is 4.83 Å². The zero-order chi connectivity index (χ0) is 12.7. The first-order valence-electron chi connectivity index (χ1n) is 6.55. The van der Waals surface area contributed by atoms with Crippen LogP contribution < -0.4 is 0 Å². The van der Waals surface area contributed by atoms with Crippen molar-refractivity contribution in [2.75, 3.05) is 0 Å². The standard InChI is InChI=1S/C15H22Br2/c1-3-5-8-13(4-2)15(17)11-12-7-6-9-14(16)10-12/h6-7,9-10,13,15H,3-5,8,11H2,1-2H3. The molecule has 0 spiro atoms. The summed E-state index contributed by atoms with van der Waals surface area (Å²) in [7, 11) is 0. The topological polar surface area (TPSA) is 0 Å². The average molecular weight is 362 g/mol. The molecule has 0 fully saturated rings. The molecule has 0 aromatic heterocycles. The molecule has 1 aromatic rings. The zero-order valence-electron chi connectivity index (χ0n) is 10.8. The molecule has 2 unspecified atom stereocenters. The van der Waals surface area contributed by atoms with E-state index >= 15 is 0 Å². The van der Waals surface area contributed by atoms with E-state index in [1.807, 2.05) is 0 Å². The summed E-state index contributed by atoms with van der Waals surface area (Å²) in [5.74, 6) is 0.800. The van der Waals surface area contributed by atoms with Gasteiger partial charge in [0.15, 0.2) is 0 Å². The van der Waals surface area contributed by atoms with Crippen LogP contribution in [0.25, 0.3) is 0 Å². The molecule has 0 N–H and O–H groups in total. The lowest BCUT2D eigenvalue weighted by atomic mass is 9.92. The third-order valence-electron chi connectivity index (χ3n) is 3.28. The normalized spacial score (nSPS) is 14.6. The molecule has 0 saturated carbocycles. The predicted molar refractivity (Wildman–Crippen MR) is 83.9 cm³/mol. The van der Waals surface area contributed by atoms with Crippen molar-refractivity contribution in [1.29, 1.82) is 0 Å². The van der Waals surface area contributed by atoms with E-state index in [9.17, 15) is 0 Å². The van der Waals surface area contributed by atoms with E-state index in [1.54, 1.807) is 0 Å². The first-order chi connectivity index (χ1) is 8.17. The summed E-state index contributed by atoms with van der Waals surface area (Å²) < 4.78 is 1.18. The van der Waals surface area contributed by atoms with E-state index in [4.69, 9.17) is 0 Å². The Labute approximate surface area is 122 Å². The van der Waals surface area contributed by atoms with Gasteiger partial charge in [-0.2, -0.15) is 0 Å². The molecule has 0 nitrogen and oxygen atoms in total. The fourth-order valence-corrected chi connectivity index (χ4v) is 3.62. The second-order valence-corrected chi connectivity index (χ2v) is 6.75. The van der Waals surface area contributed by atoms with Gasteiger partial charge in [0.05, 0.1) is 0 Å².